The number of aliphatic hydroxyl groups is 1. The Morgan fingerprint density at radius 3 is 2.57 bits per heavy atom. The Labute approximate surface area is 353 Å². The molecule has 63 heavy (non-hydrogen) atoms. The van der Waals surface area contributed by atoms with E-state index in [-0.39, 0.29) is 60.9 Å². The quantitative estimate of drug-likeness (QED) is 0.0156. The van der Waals surface area contributed by atoms with Crippen molar-refractivity contribution in [3.63, 3.8) is 0 Å². The van der Waals surface area contributed by atoms with Crippen LogP contribution in [0.2, 0.25) is 0 Å². The van der Waals surface area contributed by atoms with E-state index in [0.29, 0.717) is 5.56 Å². The lowest BCUT2D eigenvalue weighted by Crippen LogP contribution is -2.43. The summed E-state index contributed by atoms with van der Waals surface area (Å²) in [6, 6.07) is 6.45. The average Bonchev–Trinajstić information content (AvgIpc) is 3.92. The van der Waals surface area contributed by atoms with Gasteiger partial charge in [0.1, 0.15) is 61.0 Å². The maximum absolute atomic E-state index is 13.4. The van der Waals surface area contributed by atoms with Gasteiger partial charge in [-0.2, -0.15) is 4.98 Å². The third-order valence-electron chi connectivity index (χ3n) is 9.41. The molecule has 0 spiro atoms. The molecule has 2 unspecified atom stereocenters. The van der Waals surface area contributed by atoms with E-state index < -0.39 is 95.6 Å². The molecule has 31 heteroatoms. The molecule has 11 N–H and O–H groups in total. The Bertz CT molecular complexity index is 2480. The number of carbonyl (C=O) groups is 2. The Morgan fingerprint density at radius 1 is 1.06 bits per heavy atom. The number of azide groups is 1. The zero-order valence-electron chi connectivity index (χ0n) is 32.5. The Kier molecular flexibility index (Phi) is 15.1. The van der Waals surface area contributed by atoms with Crippen molar-refractivity contribution in [2.24, 2.45) is 10.8 Å². The van der Waals surface area contributed by atoms with Crippen LogP contribution in [0.25, 0.3) is 21.6 Å². The molecule has 340 valence electrons. The lowest BCUT2D eigenvalue weighted by atomic mass is 10.1. The second-order valence-corrected chi connectivity index (χ2v) is 16.4. The molecule has 29 nitrogen and oxygen atoms in total. The van der Waals surface area contributed by atoms with Crippen molar-refractivity contribution in [2.75, 3.05) is 31.2 Å². The van der Waals surface area contributed by atoms with Gasteiger partial charge in [-0.3, -0.25) is 27.5 Å². The summed E-state index contributed by atoms with van der Waals surface area (Å²) in [5, 5.41) is 17.5. The number of ether oxygens (including phenoxy) is 4. The maximum Gasteiger partial charge on any atom is 0.472 e. The number of alkyl carbamates (subject to hydrolysis) is 1. The molecule has 2 aliphatic heterocycles. The van der Waals surface area contributed by atoms with Crippen LogP contribution in [0.3, 0.4) is 0 Å². The predicted octanol–water partition coefficient (Wildman–Crippen LogP) is 0.292. The molecule has 5 heterocycles. The van der Waals surface area contributed by atoms with E-state index in [2.05, 4.69) is 39.8 Å². The number of imidazole rings is 1. The number of carbonyl (C=O) groups excluding carboxylic acids is 2. The van der Waals surface area contributed by atoms with E-state index in [1.807, 2.05) is 0 Å². The van der Waals surface area contributed by atoms with E-state index in [4.69, 9.17) is 50.7 Å². The molecule has 0 radical (unpaired) electrons. The van der Waals surface area contributed by atoms with Crippen molar-refractivity contribution in [2.45, 2.75) is 74.9 Å². The molecule has 0 bridgehead atoms. The lowest BCUT2D eigenvalue weighted by Gasteiger charge is -2.24. The SMILES string of the molecule is [N-]=[N+]=Nc1ccccc1COC(=O)NCCCC(N)C(=O)O[C@H]1[C@@H](O)[C@H](n2cnc3c(N)ncnc32)O[C@H]1COP(=O)(O)O[C@H]1C[C@H](n2ccc(N)nc2=O)O[C@H]1COP(=O)(O)O. The van der Waals surface area contributed by atoms with Crippen molar-refractivity contribution < 1.29 is 71.0 Å². The second kappa shape index (κ2) is 20.2. The summed E-state index contributed by atoms with van der Waals surface area (Å²) >= 11 is 0. The topological polar surface area (TPSA) is 431 Å². The highest BCUT2D eigenvalue weighted by atomic mass is 31.2. The van der Waals surface area contributed by atoms with Crippen LogP contribution in [0.15, 0.2) is 59.1 Å². The molecule has 3 aromatic heterocycles. The van der Waals surface area contributed by atoms with Crippen LogP contribution in [0.4, 0.5) is 22.1 Å². The number of aromatic nitrogens is 6. The number of nitrogens with two attached hydrogens (primary N) is 3. The summed E-state index contributed by atoms with van der Waals surface area (Å²) in [5.74, 6) is -1.15. The van der Waals surface area contributed by atoms with Crippen LogP contribution in [0.1, 0.15) is 37.3 Å². The van der Waals surface area contributed by atoms with Crippen LogP contribution in [-0.4, -0.2) is 117 Å². The number of nitrogens with one attached hydrogen (secondary N) is 1. The highest BCUT2D eigenvalue weighted by molar-refractivity contribution is 7.47. The van der Waals surface area contributed by atoms with Crippen LogP contribution in [0, 0.1) is 0 Å². The number of esters is 1. The summed E-state index contributed by atoms with van der Waals surface area (Å²) < 4.78 is 64.7. The van der Waals surface area contributed by atoms with Gasteiger partial charge in [-0.25, -0.2) is 33.7 Å². The van der Waals surface area contributed by atoms with Gasteiger partial charge in [-0.15, -0.1) is 0 Å². The van der Waals surface area contributed by atoms with Gasteiger partial charge in [0.2, 0.25) is 0 Å². The van der Waals surface area contributed by atoms with Gasteiger partial charge in [0.15, 0.2) is 23.8 Å². The first-order valence-electron chi connectivity index (χ1n) is 18.5. The lowest BCUT2D eigenvalue weighted by molar-refractivity contribution is -0.158. The summed E-state index contributed by atoms with van der Waals surface area (Å²) in [4.78, 5) is 85.9. The molecule has 2 fully saturated rings. The highest BCUT2D eigenvalue weighted by Crippen LogP contribution is 2.50. The molecule has 6 rings (SSSR count). The number of hydrogen-bond donors (Lipinski definition) is 8. The van der Waals surface area contributed by atoms with Crippen LogP contribution >= 0.6 is 15.6 Å². The standard InChI is InChI=1S/C32H41N13O16P2/c33-17(5-3-8-37-32(49)55-11-16-4-1-2-6-18(16)42-43-36)30(47)60-26-21(59-29(25(26)46)45-15-40-24-27(35)38-14-39-28(24)45)13-57-63(53,54)61-19-10-23(44-9-7-22(34)41-31(44)48)58-20(19)12-56-62(50,51)52/h1-2,4,6-7,9,14-15,17,19-21,23,25-26,29,46H,3,5,8,10-13,33H2,(H,37,49)(H,53,54)(H2,34,41,48)(H2,35,38,39)(H2,50,51,52)/t17?,19-,20-,21-,23+,25+,26+,29+/m0/s1. The van der Waals surface area contributed by atoms with Gasteiger partial charge < -0.3 is 61.3 Å². The number of benzene rings is 1. The monoisotopic (exact) mass is 925 g/mol. The molecule has 4 aromatic rings. The highest BCUT2D eigenvalue weighted by Gasteiger charge is 2.50. The molecule has 1 aromatic carbocycles. The fraction of sp³-hybridized carbons (Fsp3) is 0.469. The minimum atomic E-state index is -5.21. The minimum absolute atomic E-state index is 0.00277. The van der Waals surface area contributed by atoms with Crippen molar-refractivity contribution in [3.8, 4) is 0 Å². The number of phosphoric ester groups is 2. The Balaban J connectivity index is 1.10. The molecule has 9 atom stereocenters. The van der Waals surface area contributed by atoms with E-state index in [9.17, 15) is 43.3 Å². The van der Waals surface area contributed by atoms with Crippen LogP contribution in [0.5, 0.6) is 0 Å². The van der Waals surface area contributed by atoms with Gasteiger partial charge in [-0.1, -0.05) is 29.4 Å². The summed E-state index contributed by atoms with van der Waals surface area (Å²) in [6.45, 7) is -1.92. The Morgan fingerprint density at radius 2 is 1.83 bits per heavy atom. The summed E-state index contributed by atoms with van der Waals surface area (Å²) in [5.41, 5.74) is 26.4. The number of rotatable bonds is 19. The number of fused-ring (bicyclic) bond motifs is 1. The third kappa shape index (κ3) is 12.1. The number of aliphatic hydroxyl groups excluding tert-OH is 1. The van der Waals surface area contributed by atoms with Gasteiger partial charge in [0.25, 0.3) is 0 Å². The zero-order valence-corrected chi connectivity index (χ0v) is 34.3. The average molecular weight is 926 g/mol. The fourth-order valence-corrected chi connectivity index (χ4v) is 7.73. The first kappa shape index (κ1) is 46.9. The van der Waals surface area contributed by atoms with E-state index >= 15 is 0 Å². The normalized spacial score (nSPS) is 23.7. The molecule has 2 aliphatic rings. The first-order chi connectivity index (χ1) is 29.9. The fourth-order valence-electron chi connectivity index (χ4n) is 6.43. The third-order valence-corrected chi connectivity index (χ3v) is 10.9. The summed E-state index contributed by atoms with van der Waals surface area (Å²) in [7, 11) is -10.3. The van der Waals surface area contributed by atoms with Crippen molar-refractivity contribution >= 4 is 56.2 Å². The van der Waals surface area contributed by atoms with Gasteiger partial charge in [0, 0.05) is 29.8 Å². The zero-order chi connectivity index (χ0) is 45.5. The number of amides is 1. The Hall–Kier alpha value is -5.64. The van der Waals surface area contributed by atoms with E-state index in [1.165, 1.54) is 23.2 Å². The maximum atomic E-state index is 13.4. The molecule has 0 aliphatic carbocycles. The van der Waals surface area contributed by atoms with Crippen molar-refractivity contribution in [1.82, 2.24) is 34.4 Å². The number of anilines is 2. The predicted molar refractivity (Wildman–Crippen MR) is 210 cm³/mol. The smallest absolute Gasteiger partial charge is 0.455 e. The van der Waals surface area contributed by atoms with Crippen molar-refractivity contribution in [1.29, 1.82) is 0 Å². The molecule has 0 saturated carbocycles. The van der Waals surface area contributed by atoms with Gasteiger partial charge >= 0.3 is 33.4 Å². The van der Waals surface area contributed by atoms with E-state index in [1.54, 1.807) is 24.3 Å². The minimum Gasteiger partial charge on any atom is -0.455 e. The summed E-state index contributed by atoms with van der Waals surface area (Å²) in [6.07, 6.45) is -7.90. The number of hydrogen-bond acceptors (Lipinski definition) is 21. The number of phosphoric acid groups is 2. The number of nitrogen functional groups attached to an aromatic ring is 2. The molecular weight excluding hydrogens is 884 g/mol. The number of nitrogens with zero attached hydrogens (tertiary/aromatic N) is 9. The van der Waals surface area contributed by atoms with Gasteiger partial charge in [-0.05, 0) is 30.0 Å². The molecular formula is C32H41N13O16P2. The molecule has 2 saturated heterocycles. The molecule has 1 amide bonds. The van der Waals surface area contributed by atoms with Gasteiger partial charge in [0.05, 0.1) is 19.5 Å². The van der Waals surface area contributed by atoms with Crippen LogP contribution < -0.4 is 28.2 Å². The largest absolute Gasteiger partial charge is 0.472 e. The van der Waals surface area contributed by atoms with Crippen molar-refractivity contribution in [3.05, 3.63) is 75.7 Å². The second-order valence-electron chi connectivity index (χ2n) is 13.7. The van der Waals surface area contributed by atoms with E-state index in [0.717, 1.165) is 10.9 Å². The van der Waals surface area contributed by atoms with Crippen LogP contribution in [-0.2, 0) is 53.1 Å². The first-order valence-corrected chi connectivity index (χ1v) is 21.6.